The highest BCUT2D eigenvalue weighted by Crippen LogP contribution is 2.47. The molecule has 0 bridgehead atoms. The fourth-order valence-electron chi connectivity index (χ4n) is 7.41. The van der Waals surface area contributed by atoms with Crippen molar-refractivity contribution in [3.63, 3.8) is 0 Å². The second kappa shape index (κ2) is 13.3. The van der Waals surface area contributed by atoms with E-state index in [-0.39, 0.29) is 40.2 Å². The molecule has 0 saturated carbocycles. The summed E-state index contributed by atoms with van der Waals surface area (Å²) in [6.07, 6.45) is 3.94. The summed E-state index contributed by atoms with van der Waals surface area (Å²) in [7, 11) is 3.38. The number of fused-ring (bicyclic) bond motifs is 5. The average molecular weight is 716 g/mol. The van der Waals surface area contributed by atoms with E-state index in [1.165, 1.54) is 29.8 Å². The first-order valence-electron chi connectivity index (χ1n) is 16.5. The predicted octanol–water partition coefficient (Wildman–Crippen LogP) is 1.27. The van der Waals surface area contributed by atoms with Crippen LogP contribution in [0.3, 0.4) is 0 Å². The zero-order valence-corrected chi connectivity index (χ0v) is 28.2. The van der Waals surface area contributed by atoms with Gasteiger partial charge in [0, 0.05) is 67.8 Å². The number of aromatic carboxylic acids is 1. The Morgan fingerprint density at radius 1 is 1.08 bits per heavy atom. The number of hydrogen-bond acceptors (Lipinski definition) is 9. The topological polar surface area (TPSA) is 198 Å². The highest BCUT2D eigenvalue weighted by atomic mass is 19.2. The lowest BCUT2D eigenvalue weighted by molar-refractivity contribution is -0.126. The van der Waals surface area contributed by atoms with Crippen LogP contribution >= 0.6 is 0 Å². The predicted molar refractivity (Wildman–Crippen MR) is 188 cm³/mol. The van der Waals surface area contributed by atoms with Crippen LogP contribution in [0.4, 0.5) is 20.2 Å². The molecule has 3 amide bonds. The highest BCUT2D eigenvalue weighted by Gasteiger charge is 2.42. The molecule has 270 valence electrons. The van der Waals surface area contributed by atoms with Crippen molar-refractivity contribution < 1.29 is 33.1 Å². The molecular formula is C35H35F2N9O6. The fourth-order valence-corrected chi connectivity index (χ4v) is 7.41. The molecule has 1 aromatic carbocycles. The molecule has 0 spiro atoms. The number of carbonyl (C=O) groups excluding carboxylic acids is 3. The quantitative estimate of drug-likeness (QED) is 0.148. The SMILES string of the molecule is CN1C[C@@H]2CCN(c3c(-c4ccc5ccc(C(=O)O)c(=O)n5c4)cnc4[nH]c5c(N(C)C(=O)CNC(=O)CNC(=O)CN)cc(F)c(F)c5c34)[C@@H]2C1. The van der Waals surface area contributed by atoms with Crippen molar-refractivity contribution in [3.05, 3.63) is 70.3 Å². The number of halogens is 2. The maximum absolute atomic E-state index is 16.2. The molecule has 7 rings (SSSR count). The van der Waals surface area contributed by atoms with E-state index in [0.717, 1.165) is 30.5 Å². The zero-order chi connectivity index (χ0) is 37.0. The van der Waals surface area contributed by atoms with Crippen LogP contribution in [0.5, 0.6) is 0 Å². The normalized spacial score (nSPS) is 17.2. The Hall–Kier alpha value is -5.94. The Morgan fingerprint density at radius 3 is 2.58 bits per heavy atom. The van der Waals surface area contributed by atoms with Crippen molar-refractivity contribution in [2.45, 2.75) is 12.5 Å². The van der Waals surface area contributed by atoms with E-state index < -0.39 is 59.5 Å². The number of hydrogen-bond donors (Lipinski definition) is 5. The van der Waals surface area contributed by atoms with Crippen molar-refractivity contribution in [2.75, 3.05) is 63.2 Å². The summed E-state index contributed by atoms with van der Waals surface area (Å²) < 4.78 is 33.0. The van der Waals surface area contributed by atoms with Crippen molar-refractivity contribution in [2.24, 2.45) is 11.7 Å². The third-order valence-corrected chi connectivity index (χ3v) is 9.96. The summed E-state index contributed by atoms with van der Waals surface area (Å²) in [6.45, 7) is 0.968. The number of anilines is 2. The molecule has 15 nitrogen and oxygen atoms in total. The van der Waals surface area contributed by atoms with Crippen molar-refractivity contribution >= 4 is 62.5 Å². The van der Waals surface area contributed by atoms with Gasteiger partial charge in [-0.05, 0) is 37.6 Å². The number of aromatic amines is 1. The first-order valence-corrected chi connectivity index (χ1v) is 16.5. The number of amides is 3. The summed E-state index contributed by atoms with van der Waals surface area (Å²) in [5.41, 5.74) is 6.43. The van der Waals surface area contributed by atoms with Gasteiger partial charge in [-0.15, -0.1) is 0 Å². The molecule has 6 heterocycles. The number of H-pyrrole nitrogens is 1. The number of benzene rings is 1. The number of aromatic nitrogens is 3. The van der Waals surface area contributed by atoms with Crippen LogP contribution in [0, 0.1) is 17.6 Å². The van der Waals surface area contributed by atoms with E-state index in [1.807, 2.05) is 7.05 Å². The highest BCUT2D eigenvalue weighted by molar-refractivity contribution is 6.19. The monoisotopic (exact) mass is 715 g/mol. The molecule has 2 atom stereocenters. The van der Waals surface area contributed by atoms with Gasteiger partial charge >= 0.3 is 5.97 Å². The third kappa shape index (κ3) is 5.86. The lowest BCUT2D eigenvalue weighted by atomic mass is 10.00. The Bertz CT molecular complexity index is 2380. The second-order valence-corrected chi connectivity index (χ2v) is 13.1. The lowest BCUT2D eigenvalue weighted by Gasteiger charge is -2.29. The Balaban J connectivity index is 1.38. The van der Waals surface area contributed by atoms with Gasteiger partial charge in [0.05, 0.1) is 47.3 Å². The second-order valence-electron chi connectivity index (χ2n) is 13.1. The molecule has 5 aromatic rings. The largest absolute Gasteiger partial charge is 0.477 e. The van der Waals surface area contributed by atoms with Gasteiger partial charge in [-0.1, -0.05) is 6.07 Å². The molecular weight excluding hydrogens is 680 g/mol. The Kier molecular flexibility index (Phi) is 8.83. The van der Waals surface area contributed by atoms with Crippen molar-refractivity contribution in [1.29, 1.82) is 0 Å². The number of nitrogens with zero attached hydrogens (tertiary/aromatic N) is 5. The van der Waals surface area contributed by atoms with Crippen LogP contribution in [-0.4, -0.2) is 107 Å². The number of carboxylic acid groups (broad SMARTS) is 1. The Labute approximate surface area is 294 Å². The average Bonchev–Trinajstić information content (AvgIpc) is 3.82. The molecule has 2 saturated heterocycles. The number of pyridine rings is 3. The van der Waals surface area contributed by atoms with Gasteiger partial charge in [-0.25, -0.2) is 18.6 Å². The maximum Gasteiger partial charge on any atom is 0.341 e. The molecule has 0 radical (unpaired) electrons. The number of rotatable bonds is 9. The van der Waals surface area contributed by atoms with E-state index >= 15 is 8.78 Å². The molecule has 2 aliphatic heterocycles. The van der Waals surface area contributed by atoms with Crippen LogP contribution in [-0.2, 0) is 14.4 Å². The van der Waals surface area contributed by atoms with Gasteiger partial charge in [0.1, 0.15) is 11.2 Å². The number of carboxylic acids is 1. The maximum atomic E-state index is 16.2. The molecule has 6 N–H and O–H groups in total. The van der Waals surface area contributed by atoms with E-state index in [1.54, 1.807) is 18.3 Å². The molecule has 4 aromatic heterocycles. The minimum Gasteiger partial charge on any atom is -0.477 e. The Morgan fingerprint density at radius 2 is 1.83 bits per heavy atom. The zero-order valence-electron chi connectivity index (χ0n) is 28.2. The summed E-state index contributed by atoms with van der Waals surface area (Å²) in [6, 6.07) is 7.13. The lowest BCUT2D eigenvalue weighted by Crippen LogP contribution is -2.43. The van der Waals surface area contributed by atoms with Gasteiger partial charge in [-0.2, -0.15) is 0 Å². The van der Waals surface area contributed by atoms with Crippen LogP contribution < -0.4 is 31.7 Å². The molecule has 2 aliphatic rings. The minimum absolute atomic E-state index is 0.00607. The molecule has 0 aliphatic carbocycles. The van der Waals surface area contributed by atoms with Gasteiger partial charge < -0.3 is 41.2 Å². The minimum atomic E-state index is -1.36. The summed E-state index contributed by atoms with van der Waals surface area (Å²) in [4.78, 5) is 75.0. The summed E-state index contributed by atoms with van der Waals surface area (Å²) in [5.74, 6) is -5.29. The number of likely N-dealkylation sites (N-methyl/N-ethyl adjacent to an activating group) is 2. The van der Waals surface area contributed by atoms with E-state index in [0.29, 0.717) is 34.8 Å². The standard InChI is InChI=1S/C35H35F2N9O6/c1-43-14-18-7-8-45(24(18)16-43)32-21(17-3-4-19-5-6-20(35(51)52)34(50)46(19)15-17)11-41-33-29(32)28-30(37)22(36)9-23(31(28)42-33)44(2)27(49)13-40-26(48)12-39-25(47)10-38/h3-6,9,11,15,18,24H,7-8,10,12-14,16,38H2,1-2H3,(H,39,47)(H,40,48)(H,41,42)(H,51,52)/t18-,24+/m0/s1. The fraction of sp³-hybridized carbons (Fsp3) is 0.314. The van der Waals surface area contributed by atoms with E-state index in [9.17, 15) is 29.1 Å². The van der Waals surface area contributed by atoms with E-state index in [4.69, 9.17) is 5.73 Å². The first kappa shape index (κ1) is 34.5. The van der Waals surface area contributed by atoms with Crippen molar-refractivity contribution in [1.82, 2.24) is 29.9 Å². The number of likely N-dealkylation sites (tertiary alicyclic amines) is 1. The van der Waals surface area contributed by atoms with E-state index in [2.05, 4.69) is 30.4 Å². The summed E-state index contributed by atoms with van der Waals surface area (Å²) in [5, 5.41) is 14.4. The van der Waals surface area contributed by atoms with Crippen LogP contribution in [0.25, 0.3) is 38.6 Å². The van der Waals surface area contributed by atoms with Crippen molar-refractivity contribution in [3.8, 4) is 11.1 Å². The molecule has 0 unspecified atom stereocenters. The molecule has 2 fully saturated rings. The number of nitrogens with two attached hydrogens (primary N) is 1. The third-order valence-electron chi connectivity index (χ3n) is 9.96. The first-order chi connectivity index (χ1) is 24.9. The van der Waals surface area contributed by atoms with Gasteiger partial charge in [0.25, 0.3) is 5.56 Å². The van der Waals surface area contributed by atoms with Gasteiger partial charge in [0.2, 0.25) is 17.7 Å². The van der Waals surface area contributed by atoms with Crippen LogP contribution in [0.1, 0.15) is 16.8 Å². The van der Waals surface area contributed by atoms with Crippen LogP contribution in [0.2, 0.25) is 0 Å². The van der Waals surface area contributed by atoms with Crippen LogP contribution in [0.15, 0.2) is 47.5 Å². The smallest absolute Gasteiger partial charge is 0.341 e. The van der Waals surface area contributed by atoms with Gasteiger partial charge in [-0.3, -0.25) is 23.6 Å². The van der Waals surface area contributed by atoms with Gasteiger partial charge in [0.15, 0.2) is 11.6 Å². The number of carbonyl (C=O) groups is 4. The number of nitrogens with one attached hydrogen (secondary N) is 3. The molecule has 52 heavy (non-hydrogen) atoms. The summed E-state index contributed by atoms with van der Waals surface area (Å²) >= 11 is 0. The molecule has 17 heteroatoms.